The van der Waals surface area contributed by atoms with Crippen LogP contribution in [0.1, 0.15) is 21.7 Å². The molecule has 0 spiro atoms. The summed E-state index contributed by atoms with van der Waals surface area (Å²) in [6, 6.07) is 25.8. The van der Waals surface area contributed by atoms with Crippen molar-refractivity contribution in [3.63, 3.8) is 0 Å². The Kier molecular flexibility index (Phi) is 5.47. The summed E-state index contributed by atoms with van der Waals surface area (Å²) in [6.07, 6.45) is 1.64. The van der Waals surface area contributed by atoms with E-state index in [2.05, 4.69) is 9.69 Å². The van der Waals surface area contributed by atoms with Crippen LogP contribution in [0.5, 0.6) is 0 Å². The summed E-state index contributed by atoms with van der Waals surface area (Å²) in [5, 5.41) is 10.4. The van der Waals surface area contributed by atoms with Gasteiger partial charge in [0.1, 0.15) is 10.8 Å². The first-order valence-corrected chi connectivity index (χ1v) is 12.2. The van der Waals surface area contributed by atoms with Crippen LogP contribution in [0.25, 0.3) is 48.1 Å². The van der Waals surface area contributed by atoms with Crippen molar-refractivity contribution in [1.29, 1.82) is 5.26 Å². The molecule has 0 radical (unpaired) electrons. The number of aromatic nitrogens is 3. The number of para-hydroxylation sites is 1. The zero-order valence-electron chi connectivity index (χ0n) is 19.6. The molecule has 2 aromatic heterocycles. The third-order valence-electron chi connectivity index (χ3n) is 6.19. The molecule has 0 amide bonds. The Morgan fingerprint density at radius 1 is 0.947 bits per heavy atom. The number of nitrogens with zero attached hydrogens (tertiary/aromatic N) is 6. The quantitative estimate of drug-likeness (QED) is 0.148. The van der Waals surface area contributed by atoms with Crippen LogP contribution < -0.4 is 0 Å². The topological polar surface area (TPSA) is 80.3 Å². The van der Waals surface area contributed by atoms with Crippen LogP contribution >= 0.6 is 11.3 Å². The summed E-state index contributed by atoms with van der Waals surface area (Å²) in [5.74, 6) is 0.210. The minimum Gasteiger partial charge on any atom is -0.289 e. The number of hydrogen-bond donors (Lipinski definition) is 0. The van der Waals surface area contributed by atoms with Gasteiger partial charge in [0.25, 0.3) is 5.70 Å². The van der Waals surface area contributed by atoms with Gasteiger partial charge in [0, 0.05) is 28.0 Å². The molecule has 0 saturated carbocycles. The van der Waals surface area contributed by atoms with E-state index >= 15 is 0 Å². The Bertz CT molecular complexity index is 1940. The fraction of sp³-hybridized carbons (Fsp3) is 0. The average molecular weight is 507 g/mol. The largest absolute Gasteiger partial charge is 0.289 e. The zero-order chi connectivity index (χ0) is 26.2. The maximum absolute atomic E-state index is 13.5. The van der Waals surface area contributed by atoms with Crippen molar-refractivity contribution in [2.24, 2.45) is 0 Å². The molecule has 5 aromatic rings. The van der Waals surface area contributed by atoms with E-state index in [1.165, 1.54) is 11.3 Å². The highest BCUT2D eigenvalue weighted by Crippen LogP contribution is 2.41. The summed E-state index contributed by atoms with van der Waals surface area (Å²) in [4.78, 5) is 30.7. The van der Waals surface area contributed by atoms with Crippen LogP contribution in [0.4, 0.5) is 5.69 Å². The van der Waals surface area contributed by atoms with Crippen molar-refractivity contribution >= 4 is 44.9 Å². The minimum absolute atomic E-state index is 0.141. The molecule has 0 saturated heterocycles. The zero-order valence-corrected chi connectivity index (χ0v) is 20.4. The normalized spacial score (nSPS) is 14.7. The number of hydrogen-bond acceptors (Lipinski definition) is 5. The third kappa shape index (κ3) is 3.60. The Morgan fingerprint density at radius 3 is 2.34 bits per heavy atom. The first kappa shape index (κ1) is 22.8. The number of rotatable bonds is 3. The second kappa shape index (κ2) is 9.11. The fourth-order valence-corrected chi connectivity index (χ4v) is 5.41. The second-order valence-electron chi connectivity index (χ2n) is 8.33. The summed E-state index contributed by atoms with van der Waals surface area (Å²) < 4.78 is 1.87. The van der Waals surface area contributed by atoms with Gasteiger partial charge < -0.3 is 0 Å². The van der Waals surface area contributed by atoms with Crippen LogP contribution in [0.3, 0.4) is 0 Å². The number of carbonyl (C=O) groups is 1. The number of ketones is 1. The highest BCUT2D eigenvalue weighted by Gasteiger charge is 2.32. The van der Waals surface area contributed by atoms with Gasteiger partial charge in [-0.1, -0.05) is 78.1 Å². The van der Waals surface area contributed by atoms with E-state index in [0.717, 1.165) is 16.3 Å². The smallest absolute Gasteiger partial charge is 0.270 e. The fourth-order valence-electron chi connectivity index (χ4n) is 4.48. The predicted octanol–water partition coefficient (Wildman–Crippen LogP) is 7.13. The van der Waals surface area contributed by atoms with E-state index in [1.807, 2.05) is 53.1 Å². The van der Waals surface area contributed by atoms with Crippen molar-refractivity contribution < 1.29 is 4.79 Å². The first-order valence-electron chi connectivity index (χ1n) is 11.4. The molecule has 6 rings (SSSR count). The molecule has 2 heterocycles. The lowest BCUT2D eigenvalue weighted by Gasteiger charge is -2.07. The number of allylic oxidation sites excluding steroid dienone is 3. The summed E-state index contributed by atoms with van der Waals surface area (Å²) in [7, 11) is 0. The van der Waals surface area contributed by atoms with Crippen molar-refractivity contribution in [2.45, 2.75) is 0 Å². The van der Waals surface area contributed by atoms with E-state index in [9.17, 15) is 10.1 Å². The van der Waals surface area contributed by atoms with Gasteiger partial charge in [-0.05, 0) is 23.8 Å². The number of thiazole rings is 1. The Hall–Kier alpha value is -5.62. The van der Waals surface area contributed by atoms with Gasteiger partial charge in [0.2, 0.25) is 0 Å². The van der Waals surface area contributed by atoms with E-state index in [4.69, 9.17) is 23.1 Å². The van der Waals surface area contributed by atoms with Crippen LogP contribution in [0.15, 0.2) is 90.1 Å². The molecule has 8 heteroatoms. The minimum atomic E-state index is -0.258. The summed E-state index contributed by atoms with van der Waals surface area (Å²) >= 11 is 1.41. The predicted molar refractivity (Wildman–Crippen MR) is 146 cm³/mol. The van der Waals surface area contributed by atoms with Gasteiger partial charge in [-0.2, -0.15) is 0 Å². The first-order chi connectivity index (χ1) is 18.6. The van der Waals surface area contributed by atoms with Gasteiger partial charge >= 0.3 is 0 Å². The number of imidazole rings is 1. The van der Waals surface area contributed by atoms with Gasteiger partial charge in [0.15, 0.2) is 21.9 Å². The lowest BCUT2D eigenvalue weighted by atomic mass is 10.0. The highest BCUT2D eigenvalue weighted by atomic mass is 32.1. The van der Waals surface area contributed by atoms with Crippen LogP contribution in [0.2, 0.25) is 0 Å². The Labute approximate surface area is 221 Å². The molecule has 0 atom stereocenters. The van der Waals surface area contributed by atoms with E-state index in [1.54, 1.807) is 42.5 Å². The standard InChI is InChI=1S/C30H14N6OS/c1-32-19-14-12-18(13-15-19)29-35-28-30(38-29)34-25(36(28)20-8-4-3-5-9-20)16-23-26(24(17-31)33-2)21-10-6-7-11-22(21)27(23)37/h3-16H/b23-16-,26-24-. The molecule has 0 unspecified atom stereocenters. The molecule has 0 N–H and O–H groups in total. The molecule has 7 nitrogen and oxygen atoms in total. The Balaban J connectivity index is 1.58. The molecule has 0 fully saturated rings. The van der Waals surface area contributed by atoms with Crippen molar-refractivity contribution in [2.75, 3.05) is 0 Å². The average Bonchev–Trinajstić information content (AvgIpc) is 3.60. The molecular formula is C30H14N6OS. The molecule has 0 bridgehead atoms. The Morgan fingerprint density at radius 2 is 1.66 bits per heavy atom. The number of fused-ring (bicyclic) bond motifs is 2. The number of Topliss-reactive ketones (excluding diaryl/α,β-unsaturated/α-hetero) is 1. The molecule has 3 aromatic carbocycles. The van der Waals surface area contributed by atoms with Gasteiger partial charge in [0.05, 0.1) is 19.2 Å². The molecule has 176 valence electrons. The number of benzene rings is 3. The van der Waals surface area contributed by atoms with Crippen LogP contribution in [-0.2, 0) is 0 Å². The van der Waals surface area contributed by atoms with Crippen LogP contribution in [0, 0.1) is 24.5 Å². The summed E-state index contributed by atoms with van der Waals surface area (Å²) in [6.45, 7) is 14.7. The van der Waals surface area contributed by atoms with E-state index < -0.39 is 0 Å². The van der Waals surface area contributed by atoms with Crippen molar-refractivity contribution in [1.82, 2.24) is 14.5 Å². The third-order valence-corrected chi connectivity index (χ3v) is 7.18. The maximum Gasteiger partial charge on any atom is 0.270 e. The van der Waals surface area contributed by atoms with E-state index in [-0.39, 0.29) is 17.1 Å². The van der Waals surface area contributed by atoms with Crippen LogP contribution in [-0.4, -0.2) is 20.3 Å². The lowest BCUT2D eigenvalue weighted by molar-refractivity contribution is 0.104. The van der Waals surface area contributed by atoms with Gasteiger partial charge in [-0.3, -0.25) is 9.36 Å². The number of nitriles is 1. The highest BCUT2D eigenvalue weighted by molar-refractivity contribution is 7.21. The number of carbonyl (C=O) groups excluding carboxylic acids is 1. The molecule has 0 aliphatic heterocycles. The van der Waals surface area contributed by atoms with Crippen molar-refractivity contribution in [3.05, 3.63) is 130 Å². The SMILES string of the molecule is [C-]#[N+]/C(C#N)=C1\C(=C\c2nc3sc(-c4ccc([N+]#[C-])cc4)nc3n2-c2ccccc2)C(=O)c2ccccc21. The second-order valence-corrected chi connectivity index (χ2v) is 9.30. The molecule has 1 aliphatic rings. The lowest BCUT2D eigenvalue weighted by Crippen LogP contribution is -2.01. The van der Waals surface area contributed by atoms with Gasteiger partial charge in [-0.25, -0.2) is 24.9 Å². The monoisotopic (exact) mass is 506 g/mol. The molecule has 1 aliphatic carbocycles. The van der Waals surface area contributed by atoms with Gasteiger partial charge in [-0.15, -0.1) is 0 Å². The molecule has 38 heavy (non-hydrogen) atoms. The van der Waals surface area contributed by atoms with Crippen molar-refractivity contribution in [3.8, 4) is 22.3 Å². The van der Waals surface area contributed by atoms with E-state index in [0.29, 0.717) is 38.7 Å². The molecular weight excluding hydrogens is 492 g/mol. The maximum atomic E-state index is 13.5. The summed E-state index contributed by atoms with van der Waals surface area (Å²) in [5.41, 5.74) is 4.31.